The quantitative estimate of drug-likeness (QED) is 0.859. The van der Waals surface area contributed by atoms with E-state index in [4.69, 9.17) is 5.73 Å². The Hall–Kier alpha value is -0.410. The summed E-state index contributed by atoms with van der Waals surface area (Å²) in [7, 11) is 0. The second-order valence-corrected chi connectivity index (χ2v) is 6.86. The molecule has 2 rings (SSSR count). The Morgan fingerprint density at radius 1 is 1.56 bits per heavy atom. The van der Waals surface area contributed by atoms with Crippen molar-refractivity contribution in [2.24, 2.45) is 17.1 Å². The second kappa shape index (κ2) is 4.46. The van der Waals surface area contributed by atoms with Gasteiger partial charge in [0.1, 0.15) is 0 Å². The van der Waals surface area contributed by atoms with Crippen LogP contribution in [-0.4, -0.2) is 11.0 Å². The third-order valence-electron chi connectivity index (χ3n) is 3.68. The first-order chi connectivity index (χ1) is 7.46. The minimum absolute atomic E-state index is 0.372. The standard InChI is InChI=1S/C13H22N2S/c1-9-8-16-12(15-9)6-10-7-13(2,3)5-4-11(10)14/h8,10-11H,4-7,14H2,1-3H3. The van der Waals surface area contributed by atoms with Crippen LogP contribution in [0.25, 0.3) is 0 Å². The molecule has 1 fully saturated rings. The molecule has 2 unspecified atom stereocenters. The summed E-state index contributed by atoms with van der Waals surface area (Å²) in [6.07, 6.45) is 4.75. The number of nitrogens with zero attached hydrogens (tertiary/aromatic N) is 1. The van der Waals surface area contributed by atoms with Gasteiger partial charge in [-0.25, -0.2) is 4.98 Å². The predicted molar refractivity (Wildman–Crippen MR) is 69.7 cm³/mol. The molecule has 3 heteroatoms. The molecule has 2 atom stereocenters. The van der Waals surface area contributed by atoms with Gasteiger partial charge in [0.15, 0.2) is 0 Å². The van der Waals surface area contributed by atoms with Crippen molar-refractivity contribution < 1.29 is 0 Å². The third-order valence-corrected chi connectivity index (χ3v) is 4.67. The summed E-state index contributed by atoms with van der Waals surface area (Å²) in [6, 6.07) is 0.372. The van der Waals surface area contributed by atoms with Crippen molar-refractivity contribution in [2.75, 3.05) is 0 Å². The molecule has 0 spiro atoms. The number of aryl methyl sites for hydroxylation is 1. The van der Waals surface area contributed by atoms with E-state index in [1.54, 1.807) is 11.3 Å². The highest BCUT2D eigenvalue weighted by Gasteiger charge is 2.33. The zero-order valence-corrected chi connectivity index (χ0v) is 11.3. The zero-order valence-electron chi connectivity index (χ0n) is 10.5. The van der Waals surface area contributed by atoms with Crippen LogP contribution in [0.2, 0.25) is 0 Å². The molecule has 1 aromatic rings. The van der Waals surface area contributed by atoms with Crippen molar-refractivity contribution in [2.45, 2.75) is 52.5 Å². The number of nitrogens with two attached hydrogens (primary N) is 1. The molecule has 16 heavy (non-hydrogen) atoms. The fraction of sp³-hybridized carbons (Fsp3) is 0.769. The van der Waals surface area contributed by atoms with Gasteiger partial charge in [0.05, 0.1) is 5.01 Å². The fourth-order valence-electron chi connectivity index (χ4n) is 2.70. The summed E-state index contributed by atoms with van der Waals surface area (Å²) in [5.74, 6) is 0.620. The van der Waals surface area contributed by atoms with Crippen LogP contribution < -0.4 is 5.73 Å². The van der Waals surface area contributed by atoms with Gasteiger partial charge in [0.2, 0.25) is 0 Å². The van der Waals surface area contributed by atoms with Gasteiger partial charge in [-0.15, -0.1) is 11.3 Å². The maximum Gasteiger partial charge on any atom is 0.0931 e. The Labute approximate surface area is 102 Å². The molecule has 0 saturated heterocycles. The molecule has 1 heterocycles. The number of hydrogen-bond donors (Lipinski definition) is 1. The fourth-order valence-corrected chi connectivity index (χ4v) is 3.57. The maximum absolute atomic E-state index is 6.23. The molecule has 1 aliphatic carbocycles. The molecule has 0 aromatic carbocycles. The zero-order chi connectivity index (χ0) is 11.8. The summed E-state index contributed by atoms with van der Waals surface area (Å²) in [6.45, 7) is 6.78. The smallest absolute Gasteiger partial charge is 0.0931 e. The highest BCUT2D eigenvalue weighted by atomic mass is 32.1. The Bertz CT molecular complexity index is 357. The first kappa shape index (κ1) is 12.1. The minimum atomic E-state index is 0.372. The Morgan fingerprint density at radius 2 is 2.31 bits per heavy atom. The SMILES string of the molecule is Cc1csc(CC2CC(C)(C)CCC2N)n1. The number of thiazole rings is 1. The molecule has 0 bridgehead atoms. The van der Waals surface area contributed by atoms with Crippen LogP contribution in [0.1, 0.15) is 43.8 Å². The van der Waals surface area contributed by atoms with Crippen LogP contribution in [0.4, 0.5) is 0 Å². The largest absolute Gasteiger partial charge is 0.327 e. The first-order valence-corrected chi connectivity index (χ1v) is 7.01. The Morgan fingerprint density at radius 3 is 2.94 bits per heavy atom. The third kappa shape index (κ3) is 2.83. The highest BCUT2D eigenvalue weighted by Crippen LogP contribution is 2.39. The van der Waals surface area contributed by atoms with Crippen LogP contribution >= 0.6 is 11.3 Å². The molecule has 0 amide bonds. The average molecular weight is 238 g/mol. The normalized spacial score (nSPS) is 29.2. The minimum Gasteiger partial charge on any atom is -0.327 e. The van der Waals surface area contributed by atoms with Gasteiger partial charge in [-0.1, -0.05) is 13.8 Å². The highest BCUT2D eigenvalue weighted by molar-refractivity contribution is 7.09. The van der Waals surface area contributed by atoms with Crippen LogP contribution in [0.5, 0.6) is 0 Å². The molecule has 1 aromatic heterocycles. The van der Waals surface area contributed by atoms with Crippen molar-refractivity contribution in [3.63, 3.8) is 0 Å². The summed E-state index contributed by atoms with van der Waals surface area (Å²) in [5, 5.41) is 3.39. The second-order valence-electron chi connectivity index (χ2n) is 5.92. The van der Waals surface area contributed by atoms with Gasteiger partial charge in [0.25, 0.3) is 0 Å². The van der Waals surface area contributed by atoms with Gasteiger partial charge in [-0.3, -0.25) is 0 Å². The van der Waals surface area contributed by atoms with Crippen LogP contribution in [0, 0.1) is 18.3 Å². The lowest BCUT2D eigenvalue weighted by molar-refractivity contribution is 0.157. The van der Waals surface area contributed by atoms with Crippen molar-refractivity contribution in [3.8, 4) is 0 Å². The van der Waals surface area contributed by atoms with Crippen molar-refractivity contribution >= 4 is 11.3 Å². The average Bonchev–Trinajstić information content (AvgIpc) is 2.58. The van der Waals surface area contributed by atoms with Crippen molar-refractivity contribution in [3.05, 3.63) is 16.1 Å². The lowest BCUT2D eigenvalue weighted by atomic mass is 9.69. The van der Waals surface area contributed by atoms with Crippen LogP contribution in [-0.2, 0) is 6.42 Å². The van der Waals surface area contributed by atoms with Crippen LogP contribution in [0.15, 0.2) is 5.38 Å². The van der Waals surface area contributed by atoms with Crippen molar-refractivity contribution in [1.29, 1.82) is 0 Å². The molecule has 90 valence electrons. The van der Waals surface area contributed by atoms with Crippen LogP contribution in [0.3, 0.4) is 0 Å². The van der Waals surface area contributed by atoms with Gasteiger partial charge < -0.3 is 5.73 Å². The molecule has 2 N–H and O–H groups in total. The van der Waals surface area contributed by atoms with Gasteiger partial charge in [0, 0.05) is 23.5 Å². The molecular formula is C13H22N2S. The monoisotopic (exact) mass is 238 g/mol. The molecule has 0 aliphatic heterocycles. The van der Waals surface area contributed by atoms with E-state index in [0.717, 1.165) is 12.1 Å². The van der Waals surface area contributed by atoms with E-state index in [9.17, 15) is 0 Å². The number of rotatable bonds is 2. The van der Waals surface area contributed by atoms with E-state index in [2.05, 4.69) is 31.1 Å². The van der Waals surface area contributed by atoms with Gasteiger partial charge in [-0.2, -0.15) is 0 Å². The number of aromatic nitrogens is 1. The summed E-state index contributed by atoms with van der Waals surface area (Å²) in [4.78, 5) is 4.55. The molecular weight excluding hydrogens is 216 g/mol. The molecule has 0 radical (unpaired) electrons. The lowest BCUT2D eigenvalue weighted by Crippen LogP contribution is -2.40. The van der Waals surface area contributed by atoms with Gasteiger partial charge in [-0.05, 0) is 37.5 Å². The predicted octanol–water partition coefficient (Wildman–Crippen LogP) is 3.15. The first-order valence-electron chi connectivity index (χ1n) is 6.13. The molecule has 1 aliphatic rings. The Kier molecular flexibility index (Phi) is 3.36. The maximum atomic E-state index is 6.23. The Balaban J connectivity index is 2.02. The van der Waals surface area contributed by atoms with E-state index < -0.39 is 0 Å². The molecule has 1 saturated carbocycles. The summed E-state index contributed by atoms with van der Waals surface area (Å²) >= 11 is 1.78. The van der Waals surface area contributed by atoms with E-state index in [1.807, 2.05) is 0 Å². The van der Waals surface area contributed by atoms with E-state index in [0.29, 0.717) is 17.4 Å². The van der Waals surface area contributed by atoms with E-state index in [1.165, 1.54) is 24.3 Å². The number of hydrogen-bond acceptors (Lipinski definition) is 3. The summed E-state index contributed by atoms with van der Waals surface area (Å²) < 4.78 is 0. The van der Waals surface area contributed by atoms with E-state index in [-0.39, 0.29) is 0 Å². The van der Waals surface area contributed by atoms with Crippen molar-refractivity contribution in [1.82, 2.24) is 4.98 Å². The summed E-state index contributed by atoms with van der Waals surface area (Å²) in [5.41, 5.74) is 7.84. The topological polar surface area (TPSA) is 38.9 Å². The van der Waals surface area contributed by atoms with E-state index >= 15 is 0 Å². The molecule has 2 nitrogen and oxygen atoms in total. The van der Waals surface area contributed by atoms with Gasteiger partial charge >= 0.3 is 0 Å². The lowest BCUT2D eigenvalue weighted by Gasteiger charge is -2.39.